The van der Waals surface area contributed by atoms with Crippen LogP contribution < -0.4 is 16.9 Å². The molecule has 0 aromatic heterocycles. The number of fused-ring (bicyclic) bond motifs is 1. The molecule has 1 aliphatic rings. The molecule has 0 fully saturated rings. The van der Waals surface area contributed by atoms with Crippen LogP contribution in [0, 0.1) is 0 Å². The number of hydrogen-bond acceptors (Lipinski definition) is 5. The first-order chi connectivity index (χ1) is 8.13. The molecule has 92 valence electrons. The van der Waals surface area contributed by atoms with Gasteiger partial charge in [-0.25, -0.2) is 5.90 Å². The van der Waals surface area contributed by atoms with Crippen LogP contribution in [0.15, 0.2) is 24.3 Å². The van der Waals surface area contributed by atoms with Crippen molar-refractivity contribution in [2.45, 2.75) is 24.6 Å². The minimum Gasteiger partial charge on any atom is -0.480 e. The van der Waals surface area contributed by atoms with E-state index in [2.05, 4.69) is 5.32 Å². The van der Waals surface area contributed by atoms with Crippen LogP contribution in [0.5, 0.6) is 0 Å². The first-order valence-electron chi connectivity index (χ1n) is 5.33. The van der Waals surface area contributed by atoms with Crippen LogP contribution in [0.25, 0.3) is 0 Å². The molecule has 2 rings (SSSR count). The standard InChI is InChI=1S/C11H15N3O3/c12-8(11(15)16)5-7-6-3-1-2-4-9(6)14-10(7)17-13/h1-4,7-8,10,14H,5,12-13H2,(H,15,16). The minimum atomic E-state index is -1.02. The second-order valence-electron chi connectivity index (χ2n) is 4.08. The summed E-state index contributed by atoms with van der Waals surface area (Å²) in [6.45, 7) is 0. The zero-order chi connectivity index (χ0) is 12.4. The second-order valence-corrected chi connectivity index (χ2v) is 4.08. The Hall–Kier alpha value is -1.63. The van der Waals surface area contributed by atoms with Crippen molar-refractivity contribution in [2.75, 3.05) is 5.32 Å². The molecule has 0 radical (unpaired) electrons. The topological polar surface area (TPSA) is 111 Å². The van der Waals surface area contributed by atoms with E-state index in [0.717, 1.165) is 11.3 Å². The molecule has 0 spiro atoms. The maximum Gasteiger partial charge on any atom is 0.320 e. The first-order valence-corrected chi connectivity index (χ1v) is 5.33. The molecular formula is C11H15N3O3. The lowest BCUT2D eigenvalue weighted by Gasteiger charge is -2.19. The maximum atomic E-state index is 10.8. The number of carboxylic acid groups (broad SMARTS) is 1. The van der Waals surface area contributed by atoms with E-state index >= 15 is 0 Å². The summed E-state index contributed by atoms with van der Waals surface area (Å²) in [6, 6.07) is 6.66. The van der Waals surface area contributed by atoms with Crippen LogP contribution in [0.4, 0.5) is 5.69 Å². The molecular weight excluding hydrogens is 222 g/mol. The Morgan fingerprint density at radius 3 is 2.88 bits per heavy atom. The third-order valence-electron chi connectivity index (χ3n) is 3.00. The van der Waals surface area contributed by atoms with Gasteiger partial charge in [-0.15, -0.1) is 0 Å². The molecule has 6 nitrogen and oxygen atoms in total. The van der Waals surface area contributed by atoms with Crippen molar-refractivity contribution in [2.24, 2.45) is 11.6 Å². The molecule has 6 N–H and O–H groups in total. The van der Waals surface area contributed by atoms with Crippen LogP contribution in [0.2, 0.25) is 0 Å². The number of anilines is 1. The number of aliphatic carboxylic acids is 1. The zero-order valence-electron chi connectivity index (χ0n) is 9.17. The zero-order valence-corrected chi connectivity index (χ0v) is 9.17. The number of para-hydroxylation sites is 1. The number of hydrogen-bond donors (Lipinski definition) is 4. The van der Waals surface area contributed by atoms with Crippen molar-refractivity contribution in [3.8, 4) is 0 Å². The summed E-state index contributed by atoms with van der Waals surface area (Å²) in [4.78, 5) is 15.6. The van der Waals surface area contributed by atoms with Gasteiger partial charge in [0, 0.05) is 11.6 Å². The highest BCUT2D eigenvalue weighted by Gasteiger charge is 2.34. The Bertz CT molecular complexity index is 424. The maximum absolute atomic E-state index is 10.8. The van der Waals surface area contributed by atoms with Gasteiger partial charge in [0.25, 0.3) is 0 Å². The van der Waals surface area contributed by atoms with E-state index in [-0.39, 0.29) is 12.3 Å². The summed E-state index contributed by atoms with van der Waals surface area (Å²) in [5.74, 6) is 4.03. The van der Waals surface area contributed by atoms with Gasteiger partial charge < -0.3 is 16.2 Å². The Kier molecular flexibility index (Phi) is 3.28. The average molecular weight is 237 g/mol. The molecule has 1 aromatic carbocycles. The Labute approximate surface area is 98.5 Å². The van der Waals surface area contributed by atoms with Crippen LogP contribution in [0.1, 0.15) is 17.9 Å². The molecule has 1 aromatic rings. The smallest absolute Gasteiger partial charge is 0.320 e. The second kappa shape index (κ2) is 4.70. The molecule has 1 heterocycles. The molecule has 0 saturated heterocycles. The van der Waals surface area contributed by atoms with E-state index in [1.165, 1.54) is 0 Å². The monoisotopic (exact) mass is 237 g/mol. The van der Waals surface area contributed by atoms with E-state index in [4.69, 9.17) is 21.6 Å². The number of nitrogens with two attached hydrogens (primary N) is 2. The van der Waals surface area contributed by atoms with E-state index in [1.807, 2.05) is 24.3 Å². The summed E-state index contributed by atoms with van der Waals surface area (Å²) < 4.78 is 0. The Morgan fingerprint density at radius 2 is 2.24 bits per heavy atom. The predicted molar refractivity (Wildman–Crippen MR) is 62.1 cm³/mol. The van der Waals surface area contributed by atoms with Crippen LogP contribution in [-0.2, 0) is 9.63 Å². The fraction of sp³-hybridized carbons (Fsp3) is 0.364. The average Bonchev–Trinajstić information content (AvgIpc) is 2.67. The van der Waals surface area contributed by atoms with Gasteiger partial charge >= 0.3 is 5.97 Å². The van der Waals surface area contributed by atoms with Crippen molar-refractivity contribution in [3.05, 3.63) is 29.8 Å². The molecule has 1 aliphatic heterocycles. The first kappa shape index (κ1) is 11.8. The Balaban J connectivity index is 2.21. The van der Waals surface area contributed by atoms with Gasteiger partial charge in [0.1, 0.15) is 6.04 Å². The lowest BCUT2D eigenvalue weighted by atomic mass is 9.93. The summed E-state index contributed by atoms with van der Waals surface area (Å²) in [7, 11) is 0. The normalized spacial score (nSPS) is 23.9. The largest absolute Gasteiger partial charge is 0.480 e. The van der Waals surface area contributed by atoms with Gasteiger partial charge in [-0.2, -0.15) is 0 Å². The van der Waals surface area contributed by atoms with Crippen LogP contribution in [-0.4, -0.2) is 23.3 Å². The van der Waals surface area contributed by atoms with Crippen molar-refractivity contribution >= 4 is 11.7 Å². The fourth-order valence-electron chi connectivity index (χ4n) is 2.12. The number of benzene rings is 1. The molecule has 6 heteroatoms. The van der Waals surface area contributed by atoms with Gasteiger partial charge in [0.05, 0.1) is 0 Å². The van der Waals surface area contributed by atoms with Crippen molar-refractivity contribution in [3.63, 3.8) is 0 Å². The number of rotatable bonds is 4. The minimum absolute atomic E-state index is 0.151. The van der Waals surface area contributed by atoms with Gasteiger partial charge in [-0.05, 0) is 18.1 Å². The van der Waals surface area contributed by atoms with Gasteiger partial charge in [0.2, 0.25) is 0 Å². The highest BCUT2D eigenvalue weighted by atomic mass is 16.6. The summed E-state index contributed by atoms with van der Waals surface area (Å²) in [5, 5.41) is 11.9. The summed E-state index contributed by atoms with van der Waals surface area (Å²) >= 11 is 0. The predicted octanol–water partition coefficient (Wildman–Crippen LogP) is 0.214. The van der Waals surface area contributed by atoms with E-state index < -0.39 is 18.2 Å². The highest BCUT2D eigenvalue weighted by molar-refractivity contribution is 5.73. The van der Waals surface area contributed by atoms with E-state index in [0.29, 0.717) is 0 Å². The van der Waals surface area contributed by atoms with Crippen molar-refractivity contribution in [1.29, 1.82) is 0 Å². The van der Waals surface area contributed by atoms with Crippen LogP contribution in [0.3, 0.4) is 0 Å². The molecule has 3 atom stereocenters. The number of carboxylic acids is 1. The molecule has 0 saturated carbocycles. The third-order valence-corrected chi connectivity index (χ3v) is 3.00. The Morgan fingerprint density at radius 1 is 1.53 bits per heavy atom. The van der Waals surface area contributed by atoms with Crippen molar-refractivity contribution < 1.29 is 14.7 Å². The lowest BCUT2D eigenvalue weighted by molar-refractivity contribution is -0.138. The quantitative estimate of drug-likeness (QED) is 0.557. The third kappa shape index (κ3) is 2.23. The number of nitrogens with one attached hydrogen (secondary N) is 1. The van der Waals surface area contributed by atoms with Crippen molar-refractivity contribution in [1.82, 2.24) is 0 Å². The summed E-state index contributed by atoms with van der Waals surface area (Å²) in [6.07, 6.45) is -0.154. The summed E-state index contributed by atoms with van der Waals surface area (Å²) in [5.41, 5.74) is 7.44. The molecule has 0 amide bonds. The van der Waals surface area contributed by atoms with Crippen LogP contribution >= 0.6 is 0 Å². The van der Waals surface area contributed by atoms with E-state index in [1.54, 1.807) is 0 Å². The van der Waals surface area contributed by atoms with Gasteiger partial charge in [-0.1, -0.05) is 18.2 Å². The highest BCUT2D eigenvalue weighted by Crippen LogP contribution is 2.38. The fourth-order valence-corrected chi connectivity index (χ4v) is 2.12. The molecule has 0 bridgehead atoms. The van der Waals surface area contributed by atoms with E-state index in [9.17, 15) is 4.79 Å². The van der Waals surface area contributed by atoms with Gasteiger partial charge in [0.15, 0.2) is 6.23 Å². The SMILES string of the molecule is NOC1Nc2ccccc2C1CC(N)C(=O)O. The molecule has 3 unspecified atom stereocenters. The lowest BCUT2D eigenvalue weighted by Crippen LogP contribution is -2.36. The molecule has 17 heavy (non-hydrogen) atoms. The molecule has 0 aliphatic carbocycles. The number of carbonyl (C=O) groups is 1. The van der Waals surface area contributed by atoms with Gasteiger partial charge in [-0.3, -0.25) is 9.63 Å².